The van der Waals surface area contributed by atoms with E-state index in [-0.39, 0.29) is 12.6 Å². The molecule has 18 heavy (non-hydrogen) atoms. The summed E-state index contributed by atoms with van der Waals surface area (Å²) in [7, 11) is 1.70. The highest BCUT2D eigenvalue weighted by Gasteiger charge is 2.27. The van der Waals surface area contributed by atoms with Gasteiger partial charge in [0.1, 0.15) is 6.61 Å². The van der Waals surface area contributed by atoms with Gasteiger partial charge in [0.15, 0.2) is 0 Å². The Labute approximate surface area is 108 Å². The Hall–Kier alpha value is -0.660. The average molecular weight is 282 g/mol. The van der Waals surface area contributed by atoms with Gasteiger partial charge in [-0.2, -0.15) is 13.2 Å². The summed E-state index contributed by atoms with van der Waals surface area (Å²) in [5.74, 6) is 0. The summed E-state index contributed by atoms with van der Waals surface area (Å²) < 4.78 is 40.5. The maximum atomic E-state index is 11.9. The van der Waals surface area contributed by atoms with E-state index < -0.39 is 12.8 Å². The third-order valence-electron chi connectivity index (χ3n) is 2.49. The minimum atomic E-state index is -4.27. The Morgan fingerprint density at radius 1 is 1.39 bits per heavy atom. The molecule has 0 aliphatic heterocycles. The van der Waals surface area contributed by atoms with Crippen molar-refractivity contribution in [1.82, 2.24) is 10.3 Å². The molecule has 0 aliphatic rings. The Balaban J connectivity index is 2.42. The molecule has 1 N–H and O–H groups in total. The van der Waals surface area contributed by atoms with Gasteiger partial charge in [0.25, 0.3) is 0 Å². The highest BCUT2D eigenvalue weighted by atomic mass is 32.1. The van der Waals surface area contributed by atoms with Crippen LogP contribution < -0.4 is 5.32 Å². The summed E-state index contributed by atoms with van der Waals surface area (Å²) in [6, 6.07) is -0.155. The molecule has 1 aromatic heterocycles. The number of rotatable bonds is 6. The number of likely N-dealkylation sites (N-methyl/N-ethyl adjacent to an activating group) is 1. The van der Waals surface area contributed by atoms with Gasteiger partial charge in [0, 0.05) is 17.3 Å². The van der Waals surface area contributed by atoms with E-state index in [1.807, 2.05) is 13.8 Å². The third kappa shape index (κ3) is 5.32. The highest BCUT2D eigenvalue weighted by Crippen LogP contribution is 2.18. The topological polar surface area (TPSA) is 34.1 Å². The number of aromatic nitrogens is 1. The summed E-state index contributed by atoms with van der Waals surface area (Å²) >= 11 is 1.57. The maximum Gasteiger partial charge on any atom is 0.411 e. The second-order valence-electron chi connectivity index (χ2n) is 4.07. The van der Waals surface area contributed by atoms with E-state index >= 15 is 0 Å². The van der Waals surface area contributed by atoms with Gasteiger partial charge >= 0.3 is 6.18 Å². The molecule has 0 aliphatic carbocycles. The van der Waals surface area contributed by atoms with Crippen LogP contribution in [-0.2, 0) is 11.2 Å². The molecule has 0 saturated heterocycles. The summed E-state index contributed by atoms with van der Waals surface area (Å²) in [5.41, 5.74) is 0.973. The van der Waals surface area contributed by atoms with Gasteiger partial charge in [-0.1, -0.05) is 0 Å². The summed E-state index contributed by atoms with van der Waals surface area (Å²) in [5, 5.41) is 3.86. The minimum absolute atomic E-state index is 0.0215. The van der Waals surface area contributed by atoms with E-state index in [0.29, 0.717) is 6.42 Å². The lowest BCUT2D eigenvalue weighted by atomic mass is 10.2. The fraction of sp³-hybridized carbons (Fsp3) is 0.727. The lowest BCUT2D eigenvalue weighted by Gasteiger charge is -2.15. The zero-order valence-electron chi connectivity index (χ0n) is 10.6. The Bertz CT molecular complexity index is 359. The zero-order chi connectivity index (χ0) is 13.8. The maximum absolute atomic E-state index is 11.9. The van der Waals surface area contributed by atoms with Gasteiger partial charge in [0.2, 0.25) is 0 Å². The molecule has 1 atom stereocenters. The molecule has 1 rings (SSSR count). The number of ether oxygens (including phenoxy) is 1. The van der Waals surface area contributed by atoms with Crippen molar-refractivity contribution in [1.29, 1.82) is 0 Å². The van der Waals surface area contributed by atoms with Crippen LogP contribution in [-0.4, -0.2) is 37.5 Å². The molecular weight excluding hydrogens is 265 g/mol. The second kappa shape index (κ2) is 6.49. The highest BCUT2D eigenvalue weighted by molar-refractivity contribution is 7.11. The van der Waals surface area contributed by atoms with Crippen LogP contribution in [0.1, 0.15) is 15.6 Å². The van der Waals surface area contributed by atoms with E-state index in [1.54, 1.807) is 18.4 Å². The van der Waals surface area contributed by atoms with Crippen molar-refractivity contribution < 1.29 is 17.9 Å². The molecule has 104 valence electrons. The van der Waals surface area contributed by atoms with Crippen molar-refractivity contribution in [2.75, 3.05) is 20.3 Å². The molecular formula is C11H17F3N2OS. The molecule has 3 nitrogen and oxygen atoms in total. The SMILES string of the molecule is CNC(COCC(F)(F)F)Cc1nc(C)c(C)s1. The number of halogens is 3. The van der Waals surface area contributed by atoms with Crippen LogP contribution in [0, 0.1) is 13.8 Å². The fourth-order valence-corrected chi connectivity index (χ4v) is 2.41. The molecule has 0 amide bonds. The zero-order valence-corrected chi connectivity index (χ0v) is 11.4. The molecule has 1 aromatic rings. The summed E-state index contributed by atoms with van der Waals surface area (Å²) in [6.07, 6.45) is -3.69. The number of thiazole rings is 1. The predicted octanol–water partition coefficient (Wildman–Crippen LogP) is 2.47. The molecule has 0 fully saturated rings. The number of nitrogens with one attached hydrogen (secondary N) is 1. The van der Waals surface area contributed by atoms with E-state index in [2.05, 4.69) is 15.0 Å². The van der Waals surface area contributed by atoms with Crippen molar-refractivity contribution in [3.8, 4) is 0 Å². The van der Waals surface area contributed by atoms with Gasteiger partial charge in [-0.3, -0.25) is 0 Å². The monoisotopic (exact) mass is 282 g/mol. The quantitative estimate of drug-likeness (QED) is 0.870. The molecule has 7 heteroatoms. The first-order valence-electron chi connectivity index (χ1n) is 5.56. The standard InChI is InChI=1S/C11H17F3N2OS/c1-7-8(2)18-10(16-7)4-9(15-3)5-17-6-11(12,13)14/h9,15H,4-6H2,1-3H3. The van der Waals surface area contributed by atoms with Crippen molar-refractivity contribution in [3.05, 3.63) is 15.6 Å². The van der Waals surface area contributed by atoms with Crippen molar-refractivity contribution in [3.63, 3.8) is 0 Å². The van der Waals surface area contributed by atoms with Crippen LogP contribution in [0.5, 0.6) is 0 Å². The summed E-state index contributed by atoms with van der Waals surface area (Å²) in [6.45, 7) is 2.71. The molecule has 0 saturated carbocycles. The predicted molar refractivity (Wildman–Crippen MR) is 65.0 cm³/mol. The van der Waals surface area contributed by atoms with Crippen LogP contribution in [0.4, 0.5) is 13.2 Å². The van der Waals surface area contributed by atoms with Crippen LogP contribution in [0.15, 0.2) is 0 Å². The van der Waals surface area contributed by atoms with Gasteiger partial charge in [-0.05, 0) is 20.9 Å². The first kappa shape index (κ1) is 15.4. The van der Waals surface area contributed by atoms with Crippen molar-refractivity contribution in [2.45, 2.75) is 32.5 Å². The number of hydrogen-bond acceptors (Lipinski definition) is 4. The van der Waals surface area contributed by atoms with E-state index in [9.17, 15) is 13.2 Å². The molecule has 0 radical (unpaired) electrons. The lowest BCUT2D eigenvalue weighted by Crippen LogP contribution is -2.34. The third-order valence-corrected chi connectivity index (χ3v) is 3.58. The Kier molecular flexibility index (Phi) is 5.55. The van der Waals surface area contributed by atoms with Gasteiger partial charge in [-0.15, -0.1) is 11.3 Å². The Morgan fingerprint density at radius 2 is 2.06 bits per heavy atom. The molecule has 0 spiro atoms. The van der Waals surface area contributed by atoms with Gasteiger partial charge in [0.05, 0.1) is 17.3 Å². The fourth-order valence-electron chi connectivity index (χ4n) is 1.40. The van der Waals surface area contributed by atoms with Crippen LogP contribution in [0.25, 0.3) is 0 Å². The number of aryl methyl sites for hydroxylation is 2. The largest absolute Gasteiger partial charge is 0.411 e. The number of nitrogens with zero attached hydrogens (tertiary/aromatic N) is 1. The lowest BCUT2D eigenvalue weighted by molar-refractivity contribution is -0.175. The van der Waals surface area contributed by atoms with E-state index in [4.69, 9.17) is 0 Å². The molecule has 1 heterocycles. The van der Waals surface area contributed by atoms with Gasteiger partial charge < -0.3 is 10.1 Å². The second-order valence-corrected chi connectivity index (χ2v) is 5.36. The number of hydrogen-bond donors (Lipinski definition) is 1. The van der Waals surface area contributed by atoms with Crippen molar-refractivity contribution in [2.24, 2.45) is 0 Å². The Morgan fingerprint density at radius 3 is 2.50 bits per heavy atom. The molecule has 0 aromatic carbocycles. The minimum Gasteiger partial charge on any atom is -0.370 e. The molecule has 1 unspecified atom stereocenters. The molecule has 0 bridgehead atoms. The number of alkyl halides is 3. The van der Waals surface area contributed by atoms with Crippen LogP contribution in [0.2, 0.25) is 0 Å². The first-order valence-corrected chi connectivity index (χ1v) is 6.38. The van der Waals surface area contributed by atoms with Crippen LogP contribution in [0.3, 0.4) is 0 Å². The van der Waals surface area contributed by atoms with E-state index in [0.717, 1.165) is 15.6 Å². The smallest absolute Gasteiger partial charge is 0.370 e. The summed E-state index contributed by atoms with van der Waals surface area (Å²) in [4.78, 5) is 5.49. The van der Waals surface area contributed by atoms with Crippen molar-refractivity contribution >= 4 is 11.3 Å². The average Bonchev–Trinajstić information content (AvgIpc) is 2.55. The van der Waals surface area contributed by atoms with E-state index in [1.165, 1.54) is 0 Å². The first-order chi connectivity index (χ1) is 8.31. The van der Waals surface area contributed by atoms with Crippen LogP contribution >= 0.6 is 11.3 Å². The normalized spacial score (nSPS) is 13.9. The van der Waals surface area contributed by atoms with Gasteiger partial charge in [-0.25, -0.2) is 4.98 Å².